The van der Waals surface area contributed by atoms with Crippen LogP contribution in [0.3, 0.4) is 0 Å². The lowest BCUT2D eigenvalue weighted by Crippen LogP contribution is -2.16. The van der Waals surface area contributed by atoms with Gasteiger partial charge < -0.3 is 10.1 Å². The molecule has 0 radical (unpaired) electrons. The summed E-state index contributed by atoms with van der Waals surface area (Å²) >= 11 is 0. The van der Waals surface area contributed by atoms with Crippen molar-refractivity contribution in [2.24, 2.45) is 0 Å². The molecule has 0 unspecified atom stereocenters. The van der Waals surface area contributed by atoms with Crippen molar-refractivity contribution in [3.8, 4) is 5.75 Å². The minimum atomic E-state index is -4.41. The monoisotopic (exact) mass is 243 g/mol. The van der Waals surface area contributed by atoms with Gasteiger partial charge in [0.15, 0.2) is 0 Å². The van der Waals surface area contributed by atoms with Gasteiger partial charge in [0.25, 0.3) is 0 Å². The first-order chi connectivity index (χ1) is 7.95. The molecule has 90 valence electrons. The number of alkyl halides is 3. The average Bonchev–Trinajstić information content (AvgIpc) is 2.63. The normalized spacial score (nSPS) is 15.5. The molecule has 3 nitrogen and oxygen atoms in total. The van der Waals surface area contributed by atoms with Crippen LogP contribution in [-0.4, -0.2) is 12.5 Å². The second kappa shape index (κ2) is 4.12. The molecule has 0 aromatic heterocycles. The Labute approximate surface area is 94.9 Å². The van der Waals surface area contributed by atoms with Crippen LogP contribution < -0.4 is 10.1 Å². The number of halogens is 3. The van der Waals surface area contributed by atoms with Crippen LogP contribution in [-0.2, 0) is 11.0 Å². The minimum Gasteiger partial charge on any atom is -0.460 e. The summed E-state index contributed by atoms with van der Waals surface area (Å²) in [5.74, 6) is 0.0453. The third-order valence-corrected chi connectivity index (χ3v) is 2.14. The van der Waals surface area contributed by atoms with E-state index in [9.17, 15) is 18.0 Å². The molecule has 1 aromatic carbocycles. The van der Waals surface area contributed by atoms with Gasteiger partial charge in [-0.2, -0.15) is 13.2 Å². The summed E-state index contributed by atoms with van der Waals surface area (Å²) in [5, 5.41) is 2.46. The van der Waals surface area contributed by atoms with E-state index in [0.29, 0.717) is 5.76 Å². The van der Waals surface area contributed by atoms with Crippen LogP contribution in [0.15, 0.2) is 36.1 Å². The zero-order valence-electron chi connectivity index (χ0n) is 8.54. The van der Waals surface area contributed by atoms with Gasteiger partial charge in [-0.1, -0.05) is 6.07 Å². The van der Waals surface area contributed by atoms with Gasteiger partial charge in [-0.25, -0.2) is 0 Å². The largest absolute Gasteiger partial charge is 0.460 e. The van der Waals surface area contributed by atoms with Crippen molar-refractivity contribution < 1.29 is 22.7 Å². The van der Waals surface area contributed by atoms with Gasteiger partial charge in [0.1, 0.15) is 11.5 Å². The van der Waals surface area contributed by atoms with Crippen LogP contribution in [0.5, 0.6) is 5.75 Å². The molecule has 2 rings (SSSR count). The lowest BCUT2D eigenvalue weighted by molar-refractivity contribution is -0.137. The zero-order chi connectivity index (χ0) is 12.5. The molecule has 0 atom stereocenters. The van der Waals surface area contributed by atoms with E-state index in [1.165, 1.54) is 18.2 Å². The van der Waals surface area contributed by atoms with Crippen molar-refractivity contribution in [3.05, 3.63) is 41.7 Å². The minimum absolute atomic E-state index is 0.0579. The van der Waals surface area contributed by atoms with Crippen molar-refractivity contribution in [1.82, 2.24) is 5.32 Å². The molecular weight excluding hydrogens is 235 g/mol. The van der Waals surface area contributed by atoms with Crippen molar-refractivity contribution in [2.45, 2.75) is 6.18 Å². The van der Waals surface area contributed by atoms with Gasteiger partial charge in [-0.05, 0) is 18.2 Å². The van der Waals surface area contributed by atoms with Crippen LogP contribution in [0.2, 0.25) is 0 Å². The number of hydrogen-bond donors (Lipinski definition) is 1. The molecule has 0 saturated carbocycles. The first-order valence-electron chi connectivity index (χ1n) is 4.79. The molecule has 0 saturated heterocycles. The molecule has 17 heavy (non-hydrogen) atoms. The highest BCUT2D eigenvalue weighted by Crippen LogP contribution is 2.31. The molecule has 0 fully saturated rings. The van der Waals surface area contributed by atoms with Crippen LogP contribution in [0.1, 0.15) is 5.56 Å². The van der Waals surface area contributed by atoms with E-state index in [2.05, 4.69) is 5.32 Å². The topological polar surface area (TPSA) is 38.3 Å². The van der Waals surface area contributed by atoms with E-state index in [0.717, 1.165) is 12.1 Å². The molecule has 6 heteroatoms. The second-order valence-electron chi connectivity index (χ2n) is 3.46. The quantitative estimate of drug-likeness (QED) is 0.863. The summed E-state index contributed by atoms with van der Waals surface area (Å²) in [6.45, 7) is 0.190. The van der Waals surface area contributed by atoms with E-state index < -0.39 is 11.7 Å². The predicted octanol–water partition coefficient (Wildman–Crippen LogP) is 2.10. The highest BCUT2D eigenvalue weighted by Gasteiger charge is 2.30. The number of hydrogen-bond acceptors (Lipinski definition) is 2. The summed E-state index contributed by atoms with van der Waals surface area (Å²) < 4.78 is 42.4. The molecule has 1 aromatic rings. The first-order valence-corrected chi connectivity index (χ1v) is 4.79. The van der Waals surface area contributed by atoms with Gasteiger partial charge >= 0.3 is 6.18 Å². The van der Waals surface area contributed by atoms with E-state index in [4.69, 9.17) is 4.74 Å². The van der Waals surface area contributed by atoms with Gasteiger partial charge in [0.2, 0.25) is 5.91 Å². The number of carbonyl (C=O) groups excluding carboxylic acids is 1. The van der Waals surface area contributed by atoms with Crippen molar-refractivity contribution in [3.63, 3.8) is 0 Å². The van der Waals surface area contributed by atoms with E-state index in [1.807, 2.05) is 0 Å². The second-order valence-corrected chi connectivity index (χ2v) is 3.46. The van der Waals surface area contributed by atoms with Crippen molar-refractivity contribution in [1.29, 1.82) is 0 Å². The summed E-state index contributed by atoms with van der Waals surface area (Å²) in [6, 6.07) is 4.50. The third kappa shape index (κ3) is 2.77. The highest BCUT2D eigenvalue weighted by atomic mass is 19.4. The van der Waals surface area contributed by atoms with Crippen LogP contribution in [0.4, 0.5) is 13.2 Å². The Bertz CT molecular complexity index is 480. The molecule has 1 heterocycles. The number of rotatable bonds is 2. The fourth-order valence-corrected chi connectivity index (χ4v) is 1.38. The van der Waals surface area contributed by atoms with E-state index in [-0.39, 0.29) is 18.2 Å². The van der Waals surface area contributed by atoms with E-state index in [1.54, 1.807) is 0 Å². The fourth-order valence-electron chi connectivity index (χ4n) is 1.38. The number of benzene rings is 1. The van der Waals surface area contributed by atoms with Gasteiger partial charge in [-0.3, -0.25) is 4.79 Å². The molecule has 0 aliphatic carbocycles. The number of ether oxygens (including phenoxy) is 1. The summed E-state index contributed by atoms with van der Waals surface area (Å²) in [5.41, 5.74) is -0.784. The first kappa shape index (κ1) is 11.5. The molecule has 0 bridgehead atoms. The Hall–Kier alpha value is -1.98. The summed E-state index contributed by atoms with van der Waals surface area (Å²) in [4.78, 5) is 10.8. The Balaban J connectivity index is 2.17. The Kier molecular flexibility index (Phi) is 2.79. The molecule has 1 amide bonds. The molecular formula is C11H8F3NO2. The van der Waals surface area contributed by atoms with Gasteiger partial charge in [-0.15, -0.1) is 0 Å². The number of nitrogens with one attached hydrogen (secondary N) is 1. The van der Waals surface area contributed by atoms with Gasteiger partial charge in [0, 0.05) is 6.08 Å². The Morgan fingerprint density at radius 3 is 2.65 bits per heavy atom. The van der Waals surface area contributed by atoms with Crippen molar-refractivity contribution >= 4 is 5.91 Å². The maximum atomic E-state index is 12.4. The molecule has 1 aliphatic heterocycles. The third-order valence-electron chi connectivity index (χ3n) is 2.14. The molecule has 1 aliphatic rings. The average molecular weight is 243 g/mol. The molecule has 1 N–H and O–H groups in total. The van der Waals surface area contributed by atoms with Crippen molar-refractivity contribution in [2.75, 3.05) is 6.54 Å². The summed E-state index contributed by atoms with van der Waals surface area (Å²) in [7, 11) is 0. The standard InChI is InChI=1S/C11H8F3NO2/c12-11(13,14)7-2-1-3-8(4-7)17-9-5-10(16)15-6-9/h1-5H,6H2,(H,15,16). The SMILES string of the molecule is O=C1C=C(Oc2cccc(C(F)(F)F)c2)CN1. The summed E-state index contributed by atoms with van der Waals surface area (Å²) in [6.07, 6.45) is -3.20. The zero-order valence-corrected chi connectivity index (χ0v) is 8.54. The lowest BCUT2D eigenvalue weighted by atomic mass is 10.2. The fraction of sp³-hybridized carbons (Fsp3) is 0.182. The Morgan fingerprint density at radius 1 is 1.29 bits per heavy atom. The highest BCUT2D eigenvalue weighted by molar-refractivity contribution is 5.90. The van der Waals surface area contributed by atoms with Crippen LogP contribution in [0, 0.1) is 0 Å². The maximum Gasteiger partial charge on any atom is 0.416 e. The van der Waals surface area contributed by atoms with E-state index >= 15 is 0 Å². The van der Waals surface area contributed by atoms with Crippen LogP contribution in [0.25, 0.3) is 0 Å². The lowest BCUT2D eigenvalue weighted by Gasteiger charge is -2.09. The van der Waals surface area contributed by atoms with Gasteiger partial charge in [0.05, 0.1) is 12.1 Å². The molecule has 0 spiro atoms. The number of carbonyl (C=O) groups is 1. The smallest absolute Gasteiger partial charge is 0.416 e. The van der Waals surface area contributed by atoms with Crippen LogP contribution >= 0.6 is 0 Å². The maximum absolute atomic E-state index is 12.4. The number of amides is 1. The predicted molar refractivity (Wildman–Crippen MR) is 53.2 cm³/mol. The Morgan fingerprint density at radius 2 is 2.06 bits per heavy atom.